The molecule has 1 aromatic carbocycles. The summed E-state index contributed by atoms with van der Waals surface area (Å²) in [4.78, 5) is 21.0. The van der Waals surface area contributed by atoms with Crippen molar-refractivity contribution < 1.29 is 27.4 Å². The molecule has 0 fully saturated rings. The minimum absolute atomic E-state index is 0.0197. The van der Waals surface area contributed by atoms with Crippen LogP contribution in [0.5, 0.6) is 0 Å². The van der Waals surface area contributed by atoms with Crippen LogP contribution in [-0.2, 0) is 15.9 Å². The molecule has 1 heterocycles. The maximum absolute atomic E-state index is 13.2. The quantitative estimate of drug-likeness (QED) is 0.204. The Kier molecular flexibility index (Phi) is 12.0. The molecule has 0 saturated carbocycles. The van der Waals surface area contributed by atoms with E-state index in [1.807, 2.05) is 6.92 Å². The Labute approximate surface area is 200 Å². The van der Waals surface area contributed by atoms with Gasteiger partial charge >= 0.3 is 12.1 Å². The average Bonchev–Trinajstić information content (AvgIpc) is 2.83. The van der Waals surface area contributed by atoms with Crippen LogP contribution in [0, 0.1) is 0 Å². The second-order valence-electron chi connectivity index (χ2n) is 8.37. The maximum atomic E-state index is 13.2. The summed E-state index contributed by atoms with van der Waals surface area (Å²) in [5.41, 5.74) is 1.75. The predicted molar refractivity (Wildman–Crippen MR) is 126 cm³/mol. The van der Waals surface area contributed by atoms with Gasteiger partial charge in [0, 0.05) is 24.6 Å². The lowest BCUT2D eigenvalue weighted by atomic mass is 10.1. The molecule has 0 aliphatic carbocycles. The van der Waals surface area contributed by atoms with Gasteiger partial charge in [-0.05, 0) is 37.0 Å². The van der Waals surface area contributed by atoms with Crippen molar-refractivity contribution in [1.82, 2.24) is 9.97 Å². The zero-order valence-electron chi connectivity index (χ0n) is 20.1. The molecule has 0 aliphatic heterocycles. The van der Waals surface area contributed by atoms with Gasteiger partial charge in [0.2, 0.25) is 6.10 Å². The van der Waals surface area contributed by atoms with Gasteiger partial charge in [0.1, 0.15) is 0 Å². The number of nitrogens with zero attached hydrogens (tertiary/aromatic N) is 2. The van der Waals surface area contributed by atoms with Gasteiger partial charge in [0.15, 0.2) is 5.82 Å². The first-order chi connectivity index (χ1) is 16.3. The predicted octanol–water partition coefficient (Wildman–Crippen LogP) is 6.95. The van der Waals surface area contributed by atoms with Crippen molar-refractivity contribution >= 4 is 5.97 Å². The number of unbranched alkanes of at least 4 members (excludes halogenated alkanes) is 6. The van der Waals surface area contributed by atoms with Gasteiger partial charge in [-0.2, -0.15) is 13.2 Å². The molecule has 0 aliphatic rings. The molecule has 1 aromatic heterocycles. The zero-order valence-corrected chi connectivity index (χ0v) is 20.1. The molecule has 8 heteroatoms. The third-order valence-electron chi connectivity index (χ3n) is 5.43. The van der Waals surface area contributed by atoms with Crippen LogP contribution in [0.15, 0.2) is 36.7 Å². The van der Waals surface area contributed by atoms with Gasteiger partial charge in [-0.25, -0.2) is 14.8 Å². The van der Waals surface area contributed by atoms with Gasteiger partial charge in [0.05, 0.1) is 12.2 Å². The van der Waals surface area contributed by atoms with E-state index in [2.05, 4.69) is 16.9 Å². The lowest BCUT2D eigenvalue weighted by Crippen LogP contribution is -2.38. The first-order valence-corrected chi connectivity index (χ1v) is 12.1. The number of alkyl halides is 3. The molecular weight excluding hydrogens is 445 g/mol. The molecule has 1 unspecified atom stereocenters. The Morgan fingerprint density at radius 1 is 0.912 bits per heavy atom. The first kappa shape index (κ1) is 27.8. The van der Waals surface area contributed by atoms with Crippen LogP contribution >= 0.6 is 0 Å². The Bertz CT molecular complexity index is 840. The van der Waals surface area contributed by atoms with E-state index < -0.39 is 24.9 Å². The lowest BCUT2D eigenvalue weighted by molar-refractivity contribution is -0.217. The van der Waals surface area contributed by atoms with E-state index in [0.717, 1.165) is 24.8 Å². The van der Waals surface area contributed by atoms with Crippen LogP contribution in [0.25, 0.3) is 11.4 Å². The topological polar surface area (TPSA) is 61.3 Å². The van der Waals surface area contributed by atoms with Crippen molar-refractivity contribution in [1.29, 1.82) is 0 Å². The summed E-state index contributed by atoms with van der Waals surface area (Å²) in [5, 5.41) is 0. The molecule has 0 radical (unpaired) electrons. The summed E-state index contributed by atoms with van der Waals surface area (Å²) in [5.74, 6) is -0.563. The number of aryl methyl sites for hydroxylation is 1. The standard InChI is InChI=1S/C26H35F3N2O3/c1-3-5-7-8-9-10-11-20-17-30-24(31-18-20)21-12-14-22(15-13-21)25(32)34-23(26(27,28)29)19-33-16-6-4-2/h12-15,17-18,23H,3-11,16,19H2,1-2H3. The van der Waals surface area contributed by atoms with Crippen molar-refractivity contribution in [3.05, 3.63) is 47.8 Å². The first-order valence-electron chi connectivity index (χ1n) is 12.1. The lowest BCUT2D eigenvalue weighted by Gasteiger charge is -2.20. The van der Waals surface area contributed by atoms with E-state index in [1.165, 1.54) is 44.2 Å². The van der Waals surface area contributed by atoms with Gasteiger partial charge in [0.25, 0.3) is 0 Å². The number of esters is 1. The number of hydrogen-bond acceptors (Lipinski definition) is 5. The zero-order chi connectivity index (χ0) is 24.8. The highest BCUT2D eigenvalue weighted by atomic mass is 19.4. The van der Waals surface area contributed by atoms with Crippen LogP contribution in [-0.4, -0.2) is 41.4 Å². The van der Waals surface area contributed by atoms with E-state index in [-0.39, 0.29) is 12.2 Å². The fourth-order valence-corrected chi connectivity index (χ4v) is 3.33. The van der Waals surface area contributed by atoms with Crippen LogP contribution in [0.2, 0.25) is 0 Å². The Hall–Kier alpha value is -2.48. The van der Waals surface area contributed by atoms with Gasteiger partial charge in [-0.1, -0.05) is 64.5 Å². The maximum Gasteiger partial charge on any atom is 0.427 e. The van der Waals surface area contributed by atoms with Crippen molar-refractivity contribution in [2.24, 2.45) is 0 Å². The van der Waals surface area contributed by atoms with Crippen LogP contribution in [0.3, 0.4) is 0 Å². The molecule has 0 N–H and O–H groups in total. The van der Waals surface area contributed by atoms with Gasteiger partial charge < -0.3 is 9.47 Å². The number of ether oxygens (including phenoxy) is 2. The van der Waals surface area contributed by atoms with Crippen molar-refractivity contribution in [2.75, 3.05) is 13.2 Å². The Morgan fingerprint density at radius 3 is 2.15 bits per heavy atom. The molecule has 34 heavy (non-hydrogen) atoms. The highest BCUT2D eigenvalue weighted by Crippen LogP contribution is 2.25. The molecule has 0 amide bonds. The van der Waals surface area contributed by atoms with E-state index in [0.29, 0.717) is 17.8 Å². The number of halogens is 3. The molecule has 0 saturated heterocycles. The van der Waals surface area contributed by atoms with Gasteiger partial charge in [-0.15, -0.1) is 0 Å². The van der Waals surface area contributed by atoms with Crippen molar-refractivity contribution in [2.45, 2.75) is 83.9 Å². The third-order valence-corrected chi connectivity index (χ3v) is 5.43. The highest BCUT2D eigenvalue weighted by molar-refractivity contribution is 5.90. The average molecular weight is 481 g/mol. The van der Waals surface area contributed by atoms with E-state index >= 15 is 0 Å². The summed E-state index contributed by atoms with van der Waals surface area (Å²) in [6.45, 7) is 3.58. The second kappa shape index (κ2) is 14.7. The monoisotopic (exact) mass is 480 g/mol. The normalized spacial score (nSPS) is 12.5. The van der Waals surface area contributed by atoms with Crippen LogP contribution < -0.4 is 0 Å². The van der Waals surface area contributed by atoms with Crippen molar-refractivity contribution in [3.63, 3.8) is 0 Å². The second-order valence-corrected chi connectivity index (χ2v) is 8.37. The summed E-state index contributed by atoms with van der Waals surface area (Å²) in [6, 6.07) is 6.02. The number of carbonyl (C=O) groups is 1. The van der Waals surface area contributed by atoms with Crippen LogP contribution in [0.4, 0.5) is 13.2 Å². The SMILES string of the molecule is CCCCCCCCc1cnc(-c2ccc(C(=O)OC(COCCCC)C(F)(F)F)cc2)nc1. The molecule has 0 spiro atoms. The number of carbonyl (C=O) groups excluding carboxylic acids is 1. The summed E-state index contributed by atoms with van der Waals surface area (Å²) in [6.07, 6.45) is 6.29. The summed E-state index contributed by atoms with van der Waals surface area (Å²) < 4.78 is 49.3. The fourth-order valence-electron chi connectivity index (χ4n) is 3.33. The minimum atomic E-state index is -4.70. The Morgan fingerprint density at radius 2 is 1.53 bits per heavy atom. The molecule has 2 rings (SSSR count). The third kappa shape index (κ3) is 9.79. The molecule has 2 aromatic rings. The number of benzene rings is 1. The molecule has 1 atom stereocenters. The Balaban J connectivity index is 1.90. The number of aromatic nitrogens is 2. The molecule has 188 valence electrons. The fraction of sp³-hybridized carbons (Fsp3) is 0.577. The molecule has 5 nitrogen and oxygen atoms in total. The molecule has 0 bridgehead atoms. The van der Waals surface area contributed by atoms with Crippen LogP contribution in [0.1, 0.15) is 81.1 Å². The smallest absolute Gasteiger partial charge is 0.427 e. The van der Waals surface area contributed by atoms with Crippen molar-refractivity contribution in [3.8, 4) is 11.4 Å². The largest absolute Gasteiger partial charge is 0.447 e. The van der Waals surface area contributed by atoms with E-state index in [4.69, 9.17) is 9.47 Å². The van der Waals surface area contributed by atoms with E-state index in [9.17, 15) is 18.0 Å². The number of rotatable bonds is 15. The summed E-state index contributed by atoms with van der Waals surface area (Å²) >= 11 is 0. The van der Waals surface area contributed by atoms with E-state index in [1.54, 1.807) is 24.5 Å². The highest BCUT2D eigenvalue weighted by Gasteiger charge is 2.43. The summed E-state index contributed by atoms with van der Waals surface area (Å²) in [7, 11) is 0. The minimum Gasteiger partial charge on any atom is -0.447 e. The number of hydrogen-bond donors (Lipinski definition) is 0. The van der Waals surface area contributed by atoms with Gasteiger partial charge in [-0.3, -0.25) is 0 Å². The molecular formula is C26H35F3N2O3.